The zero-order valence-corrected chi connectivity index (χ0v) is 12.8. The van der Waals surface area contributed by atoms with Crippen LogP contribution in [-0.2, 0) is 4.79 Å². The second kappa shape index (κ2) is 6.81. The first kappa shape index (κ1) is 14.9. The average molecular weight is 301 g/mol. The van der Waals surface area contributed by atoms with Crippen molar-refractivity contribution in [2.45, 2.75) is 38.1 Å². The predicted octanol–water partition coefficient (Wildman–Crippen LogP) is 2.38. The van der Waals surface area contributed by atoms with Gasteiger partial charge in [0.2, 0.25) is 5.91 Å². The van der Waals surface area contributed by atoms with Crippen molar-refractivity contribution in [3.05, 3.63) is 30.3 Å². The minimum Gasteiger partial charge on any atom is -0.333 e. The van der Waals surface area contributed by atoms with Gasteiger partial charge in [-0.15, -0.1) is 0 Å². The normalized spacial score (nSPS) is 22.5. The fourth-order valence-corrected chi connectivity index (χ4v) is 3.20. The summed E-state index contributed by atoms with van der Waals surface area (Å²) < 4.78 is 0. The molecule has 3 amide bonds. The summed E-state index contributed by atoms with van der Waals surface area (Å²) in [5.41, 5.74) is 0.902. The summed E-state index contributed by atoms with van der Waals surface area (Å²) in [6.07, 6.45) is 4.94. The van der Waals surface area contributed by atoms with Gasteiger partial charge in [-0.1, -0.05) is 31.0 Å². The highest BCUT2D eigenvalue weighted by Crippen LogP contribution is 2.21. The van der Waals surface area contributed by atoms with Crippen LogP contribution in [0.4, 0.5) is 10.5 Å². The topological polar surface area (TPSA) is 52.7 Å². The Balaban J connectivity index is 1.58. The molecule has 2 saturated heterocycles. The Morgan fingerprint density at radius 3 is 2.41 bits per heavy atom. The van der Waals surface area contributed by atoms with E-state index in [9.17, 15) is 9.59 Å². The summed E-state index contributed by atoms with van der Waals surface area (Å²) in [6.45, 7) is 2.21. The molecule has 3 rings (SSSR count). The maximum absolute atomic E-state index is 12.3. The molecule has 2 aliphatic rings. The molecular weight excluding hydrogens is 278 g/mol. The van der Waals surface area contributed by atoms with E-state index in [0.717, 1.165) is 31.6 Å². The van der Waals surface area contributed by atoms with Gasteiger partial charge in [0.05, 0.1) is 6.04 Å². The second-order valence-corrected chi connectivity index (χ2v) is 6.09. The lowest BCUT2D eigenvalue weighted by molar-refractivity contribution is -0.117. The zero-order valence-electron chi connectivity index (χ0n) is 12.8. The summed E-state index contributed by atoms with van der Waals surface area (Å²) in [4.78, 5) is 28.1. The van der Waals surface area contributed by atoms with Crippen LogP contribution in [0, 0.1) is 0 Å². The van der Waals surface area contributed by atoms with Crippen LogP contribution in [0.1, 0.15) is 32.1 Å². The van der Waals surface area contributed by atoms with Crippen molar-refractivity contribution in [2.75, 3.05) is 24.5 Å². The Kier molecular flexibility index (Phi) is 4.61. The van der Waals surface area contributed by atoms with Crippen LogP contribution < -0.4 is 10.2 Å². The van der Waals surface area contributed by atoms with Gasteiger partial charge < -0.3 is 15.1 Å². The minimum atomic E-state index is -0.0940. The molecule has 0 aromatic heterocycles. The van der Waals surface area contributed by atoms with E-state index in [1.165, 1.54) is 12.8 Å². The van der Waals surface area contributed by atoms with Gasteiger partial charge in [0, 0.05) is 31.7 Å². The highest BCUT2D eigenvalue weighted by atomic mass is 16.2. The smallest absolute Gasteiger partial charge is 0.317 e. The largest absolute Gasteiger partial charge is 0.333 e. The van der Waals surface area contributed by atoms with Crippen LogP contribution in [0.25, 0.3) is 0 Å². The van der Waals surface area contributed by atoms with Crippen LogP contribution in [0.3, 0.4) is 0 Å². The molecule has 2 heterocycles. The van der Waals surface area contributed by atoms with E-state index in [4.69, 9.17) is 0 Å². The molecule has 2 fully saturated rings. The number of para-hydroxylation sites is 1. The van der Waals surface area contributed by atoms with Gasteiger partial charge in [-0.2, -0.15) is 0 Å². The molecule has 1 N–H and O–H groups in total. The quantitative estimate of drug-likeness (QED) is 0.912. The number of carbonyl (C=O) groups is 2. The summed E-state index contributed by atoms with van der Waals surface area (Å²) in [7, 11) is 0. The number of urea groups is 1. The van der Waals surface area contributed by atoms with Crippen LogP contribution in [0.2, 0.25) is 0 Å². The lowest BCUT2D eigenvalue weighted by atomic mass is 10.2. The Labute approximate surface area is 131 Å². The summed E-state index contributed by atoms with van der Waals surface area (Å²) >= 11 is 0. The number of nitrogens with one attached hydrogen (secondary N) is 1. The number of likely N-dealkylation sites (tertiary alicyclic amines) is 1. The molecule has 1 aromatic carbocycles. The Bertz CT molecular complexity index is 524. The number of rotatable bonds is 2. The molecule has 22 heavy (non-hydrogen) atoms. The SMILES string of the molecule is O=C(NC1CC(=O)N(c2ccccc2)C1)N1CCCCCC1. The zero-order chi connectivity index (χ0) is 15.4. The monoisotopic (exact) mass is 301 g/mol. The molecule has 118 valence electrons. The molecule has 5 nitrogen and oxygen atoms in total. The van der Waals surface area contributed by atoms with Gasteiger partial charge in [0.1, 0.15) is 0 Å². The number of hydrogen-bond donors (Lipinski definition) is 1. The lowest BCUT2D eigenvalue weighted by Crippen LogP contribution is -2.46. The number of anilines is 1. The number of nitrogens with zero attached hydrogens (tertiary/aromatic N) is 2. The standard InChI is InChI=1S/C17H23N3O2/c21-16-12-14(13-20(16)15-8-4-3-5-9-15)18-17(22)19-10-6-1-2-7-11-19/h3-5,8-9,14H,1-2,6-7,10-13H2,(H,18,22). The van der Waals surface area contributed by atoms with E-state index in [-0.39, 0.29) is 18.0 Å². The maximum atomic E-state index is 12.3. The van der Waals surface area contributed by atoms with Gasteiger partial charge in [0.15, 0.2) is 0 Å². The summed E-state index contributed by atoms with van der Waals surface area (Å²) in [5.74, 6) is 0.0763. The highest BCUT2D eigenvalue weighted by molar-refractivity contribution is 5.96. The average Bonchev–Trinajstić information content (AvgIpc) is 2.75. The molecule has 1 aromatic rings. The predicted molar refractivity (Wildman–Crippen MR) is 85.8 cm³/mol. The van der Waals surface area contributed by atoms with Crippen molar-refractivity contribution in [3.63, 3.8) is 0 Å². The third-order valence-electron chi connectivity index (χ3n) is 4.41. The lowest BCUT2D eigenvalue weighted by Gasteiger charge is -2.23. The number of hydrogen-bond acceptors (Lipinski definition) is 2. The first-order chi connectivity index (χ1) is 10.7. The first-order valence-electron chi connectivity index (χ1n) is 8.15. The van der Waals surface area contributed by atoms with E-state index in [0.29, 0.717) is 13.0 Å². The van der Waals surface area contributed by atoms with Crippen molar-refractivity contribution in [1.82, 2.24) is 10.2 Å². The molecule has 0 bridgehead atoms. The van der Waals surface area contributed by atoms with E-state index < -0.39 is 0 Å². The molecule has 0 saturated carbocycles. The van der Waals surface area contributed by atoms with E-state index in [1.807, 2.05) is 35.2 Å². The first-order valence-corrected chi connectivity index (χ1v) is 8.15. The van der Waals surface area contributed by atoms with Crippen LogP contribution >= 0.6 is 0 Å². The van der Waals surface area contributed by atoms with Crippen molar-refractivity contribution < 1.29 is 9.59 Å². The Morgan fingerprint density at radius 2 is 1.73 bits per heavy atom. The molecule has 0 spiro atoms. The molecule has 1 unspecified atom stereocenters. The van der Waals surface area contributed by atoms with Crippen LogP contribution in [0.5, 0.6) is 0 Å². The molecular formula is C17H23N3O2. The maximum Gasteiger partial charge on any atom is 0.317 e. The van der Waals surface area contributed by atoms with E-state index in [1.54, 1.807) is 4.90 Å². The summed E-state index contributed by atoms with van der Waals surface area (Å²) in [6, 6.07) is 9.52. The molecule has 2 aliphatic heterocycles. The third-order valence-corrected chi connectivity index (χ3v) is 4.41. The third kappa shape index (κ3) is 3.40. The molecule has 0 radical (unpaired) electrons. The Morgan fingerprint density at radius 1 is 1.05 bits per heavy atom. The van der Waals surface area contributed by atoms with E-state index in [2.05, 4.69) is 5.32 Å². The van der Waals surface area contributed by atoms with Gasteiger partial charge in [-0.25, -0.2) is 4.79 Å². The van der Waals surface area contributed by atoms with Crippen molar-refractivity contribution >= 4 is 17.6 Å². The van der Waals surface area contributed by atoms with Gasteiger partial charge in [0.25, 0.3) is 0 Å². The molecule has 5 heteroatoms. The Hall–Kier alpha value is -2.04. The van der Waals surface area contributed by atoms with Gasteiger partial charge in [-0.3, -0.25) is 4.79 Å². The summed E-state index contributed by atoms with van der Waals surface area (Å²) in [5, 5.41) is 3.03. The van der Waals surface area contributed by atoms with Gasteiger partial charge >= 0.3 is 6.03 Å². The second-order valence-electron chi connectivity index (χ2n) is 6.09. The minimum absolute atomic E-state index is 0.0189. The van der Waals surface area contributed by atoms with Crippen LogP contribution in [-0.4, -0.2) is 42.5 Å². The van der Waals surface area contributed by atoms with Crippen LogP contribution in [0.15, 0.2) is 30.3 Å². The van der Waals surface area contributed by atoms with Crippen molar-refractivity contribution in [1.29, 1.82) is 0 Å². The van der Waals surface area contributed by atoms with Crippen molar-refractivity contribution in [3.8, 4) is 0 Å². The number of carbonyl (C=O) groups excluding carboxylic acids is 2. The fourth-order valence-electron chi connectivity index (χ4n) is 3.20. The highest BCUT2D eigenvalue weighted by Gasteiger charge is 2.32. The van der Waals surface area contributed by atoms with E-state index >= 15 is 0 Å². The number of benzene rings is 1. The molecule has 0 aliphatic carbocycles. The number of amides is 3. The van der Waals surface area contributed by atoms with Gasteiger partial charge in [-0.05, 0) is 25.0 Å². The van der Waals surface area contributed by atoms with Crippen molar-refractivity contribution in [2.24, 2.45) is 0 Å². The fraction of sp³-hybridized carbons (Fsp3) is 0.529. The molecule has 1 atom stereocenters.